The number of nitrogens with zero attached hydrogens (tertiary/aromatic N) is 5. The van der Waals surface area contributed by atoms with Crippen LogP contribution in [0, 0.1) is 5.82 Å². The third-order valence-electron chi connectivity index (χ3n) is 5.45. The van der Waals surface area contributed by atoms with Crippen LogP contribution in [0.5, 0.6) is 11.6 Å². The average Bonchev–Trinajstić information content (AvgIpc) is 3.13. The van der Waals surface area contributed by atoms with Crippen molar-refractivity contribution < 1.29 is 18.7 Å². The number of carbonyl (C=O) groups is 1. The second kappa shape index (κ2) is 6.82. The maximum Gasteiger partial charge on any atom is 0.257 e. The van der Waals surface area contributed by atoms with Gasteiger partial charge in [0, 0.05) is 5.56 Å². The van der Waals surface area contributed by atoms with E-state index < -0.39 is 5.82 Å². The van der Waals surface area contributed by atoms with E-state index in [1.165, 1.54) is 16.8 Å². The molecule has 3 atom stereocenters. The maximum atomic E-state index is 14.1. The number of amides is 1. The molecule has 2 aliphatic rings. The Morgan fingerprint density at radius 3 is 2.87 bits per heavy atom. The van der Waals surface area contributed by atoms with Crippen LogP contribution in [-0.4, -0.2) is 50.8 Å². The van der Waals surface area contributed by atoms with E-state index in [4.69, 9.17) is 14.5 Å². The van der Waals surface area contributed by atoms with Gasteiger partial charge in [-0.25, -0.2) is 18.9 Å². The Labute approximate surface area is 171 Å². The monoisotopic (exact) mass is 412 g/mol. The number of halogens is 1. The van der Waals surface area contributed by atoms with E-state index in [1.54, 1.807) is 6.20 Å². The van der Waals surface area contributed by atoms with Gasteiger partial charge in [-0.05, 0) is 26.8 Å². The van der Waals surface area contributed by atoms with Gasteiger partial charge >= 0.3 is 0 Å². The van der Waals surface area contributed by atoms with Crippen LogP contribution in [0.1, 0.15) is 42.7 Å². The van der Waals surface area contributed by atoms with Gasteiger partial charge in [0.1, 0.15) is 24.6 Å². The first-order valence-electron chi connectivity index (χ1n) is 9.81. The van der Waals surface area contributed by atoms with Crippen LogP contribution in [0.2, 0.25) is 0 Å². The molecule has 0 aliphatic carbocycles. The fourth-order valence-electron chi connectivity index (χ4n) is 3.96. The van der Waals surface area contributed by atoms with Crippen LogP contribution < -0.4 is 19.7 Å². The van der Waals surface area contributed by atoms with Crippen molar-refractivity contribution in [1.82, 2.24) is 24.9 Å². The van der Waals surface area contributed by atoms with Gasteiger partial charge in [0.05, 0.1) is 36.7 Å². The quantitative estimate of drug-likeness (QED) is 0.604. The number of aromatic nitrogens is 4. The molecule has 0 saturated heterocycles. The minimum Gasteiger partial charge on any atom is -0.486 e. The van der Waals surface area contributed by atoms with Crippen LogP contribution in [0.3, 0.4) is 0 Å². The standard InChI is InChI=1S/C20H21FN6O3/c1-10-8-30-20-14(4-13(21)5-22-20)12(3)27-11(2)9-29-16-7-26-17(25-18(16)27)15(6-23-26)19(28)24-10/h4-7,10-12H,8-9H2,1-3H3,(H,24,28)/t10-,11-,12-/m1/s1. The SMILES string of the molecule is C[C@@H]1COc2ncc(F)cc2[C@@H](C)N2c3nc4c(cnn4cc3OC[C@H]2C)C(=O)N1. The fraction of sp³-hybridized carbons (Fsp3) is 0.400. The van der Waals surface area contributed by atoms with E-state index in [9.17, 15) is 9.18 Å². The van der Waals surface area contributed by atoms with Gasteiger partial charge in [0.15, 0.2) is 17.2 Å². The summed E-state index contributed by atoms with van der Waals surface area (Å²) < 4.78 is 27.4. The molecule has 1 N–H and O–H groups in total. The first-order valence-corrected chi connectivity index (χ1v) is 9.81. The van der Waals surface area contributed by atoms with Crippen molar-refractivity contribution in [2.45, 2.75) is 38.9 Å². The number of anilines is 1. The fourth-order valence-corrected chi connectivity index (χ4v) is 3.96. The van der Waals surface area contributed by atoms with Crippen molar-refractivity contribution >= 4 is 17.4 Å². The van der Waals surface area contributed by atoms with E-state index in [0.717, 1.165) is 6.20 Å². The van der Waals surface area contributed by atoms with Gasteiger partial charge in [0.25, 0.3) is 5.91 Å². The minimum absolute atomic E-state index is 0.0529. The number of hydrogen-bond acceptors (Lipinski definition) is 7. The molecule has 156 valence electrons. The second-order valence-electron chi connectivity index (χ2n) is 7.73. The molecule has 5 rings (SSSR count). The molecule has 0 aromatic carbocycles. The van der Waals surface area contributed by atoms with Gasteiger partial charge in [-0.2, -0.15) is 5.10 Å². The molecule has 0 saturated carbocycles. The van der Waals surface area contributed by atoms with Crippen molar-refractivity contribution in [2.75, 3.05) is 18.1 Å². The summed E-state index contributed by atoms with van der Waals surface area (Å²) in [6, 6.07) is 0.765. The van der Waals surface area contributed by atoms with Crippen LogP contribution in [0.4, 0.5) is 10.2 Å². The van der Waals surface area contributed by atoms with Crippen molar-refractivity contribution in [1.29, 1.82) is 0 Å². The zero-order valence-electron chi connectivity index (χ0n) is 16.8. The van der Waals surface area contributed by atoms with Crippen LogP contribution in [0.15, 0.2) is 24.7 Å². The minimum atomic E-state index is -0.447. The molecule has 3 aromatic rings. The number of fused-ring (bicyclic) bond motifs is 1. The molecular formula is C20H21FN6O3. The summed E-state index contributed by atoms with van der Waals surface area (Å²) in [7, 11) is 0. The maximum absolute atomic E-state index is 14.1. The lowest BCUT2D eigenvalue weighted by atomic mass is 10.1. The first-order chi connectivity index (χ1) is 14.4. The van der Waals surface area contributed by atoms with E-state index in [-0.39, 0.29) is 30.6 Å². The Hall–Kier alpha value is -3.43. The highest BCUT2D eigenvalue weighted by Gasteiger charge is 2.34. The second-order valence-corrected chi connectivity index (χ2v) is 7.73. The normalized spacial score (nSPS) is 23.5. The van der Waals surface area contributed by atoms with Gasteiger partial charge in [-0.15, -0.1) is 0 Å². The molecule has 9 nitrogen and oxygen atoms in total. The molecule has 0 spiro atoms. The predicted octanol–water partition coefficient (Wildman–Crippen LogP) is 2.12. The Balaban J connectivity index is 1.74. The number of carbonyl (C=O) groups excluding carboxylic acids is 1. The number of pyridine rings is 1. The van der Waals surface area contributed by atoms with E-state index in [1.807, 2.05) is 25.7 Å². The smallest absolute Gasteiger partial charge is 0.257 e. The third kappa shape index (κ3) is 2.90. The van der Waals surface area contributed by atoms with Crippen LogP contribution in [0.25, 0.3) is 5.65 Å². The number of nitrogens with one attached hydrogen (secondary N) is 1. The summed E-state index contributed by atoms with van der Waals surface area (Å²) in [4.78, 5) is 23.7. The molecule has 0 fully saturated rings. The highest BCUT2D eigenvalue weighted by molar-refractivity contribution is 6.00. The first kappa shape index (κ1) is 18.6. The zero-order valence-corrected chi connectivity index (χ0v) is 16.8. The van der Waals surface area contributed by atoms with Crippen LogP contribution >= 0.6 is 0 Å². The molecule has 3 aromatic heterocycles. The lowest BCUT2D eigenvalue weighted by molar-refractivity contribution is 0.0927. The van der Waals surface area contributed by atoms with Gasteiger partial charge in [-0.1, -0.05) is 0 Å². The van der Waals surface area contributed by atoms with E-state index in [0.29, 0.717) is 40.8 Å². The average molecular weight is 412 g/mol. The molecule has 0 unspecified atom stereocenters. The predicted molar refractivity (Wildman–Crippen MR) is 105 cm³/mol. The van der Waals surface area contributed by atoms with Gasteiger partial charge in [0.2, 0.25) is 5.88 Å². The molecule has 5 heterocycles. The van der Waals surface area contributed by atoms with Gasteiger partial charge in [-0.3, -0.25) is 4.79 Å². The van der Waals surface area contributed by atoms with E-state index in [2.05, 4.69) is 15.4 Å². The summed E-state index contributed by atoms with van der Waals surface area (Å²) in [5.41, 5.74) is 1.38. The summed E-state index contributed by atoms with van der Waals surface area (Å²) in [6.45, 7) is 6.38. The summed E-state index contributed by atoms with van der Waals surface area (Å²) >= 11 is 0. The van der Waals surface area contributed by atoms with Gasteiger partial charge < -0.3 is 19.7 Å². The number of rotatable bonds is 0. The summed E-state index contributed by atoms with van der Waals surface area (Å²) in [5.74, 6) is 0.680. The Morgan fingerprint density at radius 1 is 1.20 bits per heavy atom. The topological polar surface area (TPSA) is 93.9 Å². The molecule has 30 heavy (non-hydrogen) atoms. The van der Waals surface area contributed by atoms with Crippen molar-refractivity contribution in [2.24, 2.45) is 0 Å². The Bertz CT molecular complexity index is 1150. The number of hydrogen-bond donors (Lipinski definition) is 1. The molecule has 2 aliphatic heterocycles. The molecular weight excluding hydrogens is 391 g/mol. The summed E-state index contributed by atoms with van der Waals surface area (Å²) in [6.07, 6.45) is 4.33. The lowest BCUT2D eigenvalue weighted by Gasteiger charge is -2.40. The Morgan fingerprint density at radius 2 is 2.03 bits per heavy atom. The highest BCUT2D eigenvalue weighted by atomic mass is 19.1. The molecule has 0 radical (unpaired) electrons. The number of ether oxygens (including phenoxy) is 2. The van der Waals surface area contributed by atoms with Crippen molar-refractivity contribution in [3.8, 4) is 11.6 Å². The largest absolute Gasteiger partial charge is 0.486 e. The zero-order chi connectivity index (χ0) is 21.0. The highest BCUT2D eigenvalue weighted by Crippen LogP contribution is 2.40. The summed E-state index contributed by atoms with van der Waals surface area (Å²) in [5, 5.41) is 7.14. The van der Waals surface area contributed by atoms with Crippen LogP contribution in [-0.2, 0) is 0 Å². The van der Waals surface area contributed by atoms with E-state index >= 15 is 0 Å². The third-order valence-corrected chi connectivity index (χ3v) is 5.45. The van der Waals surface area contributed by atoms with Crippen molar-refractivity contribution in [3.63, 3.8) is 0 Å². The molecule has 10 heteroatoms. The molecule has 2 bridgehead atoms. The lowest BCUT2D eigenvalue weighted by Crippen LogP contribution is -2.43. The molecule has 1 amide bonds. The Kier molecular flexibility index (Phi) is 4.23. The van der Waals surface area contributed by atoms with Crippen molar-refractivity contribution in [3.05, 3.63) is 41.6 Å².